The molecule has 4 rings (SSSR count). The number of rotatable bonds is 0. The molecule has 0 aliphatic carbocycles. The van der Waals surface area contributed by atoms with Gasteiger partial charge in [0.25, 0.3) is 0 Å². The minimum atomic E-state index is 0. The molecule has 0 saturated carbocycles. The maximum atomic E-state index is 8.63. The summed E-state index contributed by atoms with van der Waals surface area (Å²) in [5.41, 5.74) is 0. The maximum absolute atomic E-state index is 8.63. The molecule has 0 aliphatic rings. The Morgan fingerprint density at radius 2 is 0.414 bits per heavy atom. The quantitative estimate of drug-likeness (QED) is 0.295. The Morgan fingerprint density at radius 1 is 0.276 bits per heavy atom. The van der Waals surface area contributed by atoms with Crippen molar-refractivity contribution >= 4 is 0 Å². The van der Waals surface area contributed by atoms with E-state index in [1.807, 2.05) is 24.3 Å². The first-order valence-electron chi connectivity index (χ1n) is 8.54. The van der Waals surface area contributed by atoms with Crippen LogP contribution in [0.15, 0.2) is 121 Å². The summed E-state index contributed by atoms with van der Waals surface area (Å²) in [5.74, 6) is 1.29. The van der Waals surface area contributed by atoms with Gasteiger partial charge in [0.1, 0.15) is 23.0 Å². The average molecular weight is 428 g/mol. The van der Waals surface area contributed by atoms with Crippen molar-refractivity contribution in [3.8, 4) is 23.0 Å². The van der Waals surface area contributed by atoms with Gasteiger partial charge in [0.05, 0.1) is 0 Å². The van der Waals surface area contributed by atoms with Crippen molar-refractivity contribution in [2.24, 2.45) is 0 Å². The third kappa shape index (κ3) is 15.4. The van der Waals surface area contributed by atoms with Gasteiger partial charge < -0.3 is 20.4 Å². The number of para-hydroxylation sites is 4. The molecular formula is C24H24CrO4. The Hall–Kier alpha value is -3.39. The molecule has 29 heavy (non-hydrogen) atoms. The largest absolute Gasteiger partial charge is 0.508 e. The zero-order valence-corrected chi connectivity index (χ0v) is 17.0. The molecule has 0 amide bonds. The number of phenolic OH excluding ortho intramolecular Hbond substituents is 4. The van der Waals surface area contributed by atoms with Gasteiger partial charge in [-0.15, -0.1) is 0 Å². The Kier molecular flexibility index (Phi) is 14.8. The molecule has 0 spiro atoms. The molecule has 0 saturated heterocycles. The average Bonchev–Trinajstić information content (AvgIpc) is 2.72. The Balaban J connectivity index is 0.000000356. The first kappa shape index (κ1) is 25.6. The molecule has 0 aliphatic heterocycles. The van der Waals surface area contributed by atoms with Crippen molar-refractivity contribution in [2.45, 2.75) is 0 Å². The monoisotopic (exact) mass is 428 g/mol. The fourth-order valence-corrected chi connectivity index (χ4v) is 1.71. The molecule has 0 unspecified atom stereocenters. The van der Waals surface area contributed by atoms with Crippen molar-refractivity contribution in [3.63, 3.8) is 0 Å². The van der Waals surface area contributed by atoms with Crippen LogP contribution in [0.2, 0.25) is 0 Å². The molecule has 0 aromatic heterocycles. The molecular weight excluding hydrogens is 404 g/mol. The first-order chi connectivity index (χ1) is 13.6. The molecule has 0 radical (unpaired) electrons. The van der Waals surface area contributed by atoms with Crippen LogP contribution in [0.3, 0.4) is 0 Å². The van der Waals surface area contributed by atoms with E-state index in [-0.39, 0.29) is 17.4 Å². The number of hydrogen-bond acceptors (Lipinski definition) is 4. The van der Waals surface area contributed by atoms with Crippen molar-refractivity contribution in [1.82, 2.24) is 0 Å². The number of benzene rings is 4. The Bertz CT molecular complexity index is 693. The smallest absolute Gasteiger partial charge is 0.115 e. The van der Waals surface area contributed by atoms with Crippen molar-refractivity contribution < 1.29 is 37.8 Å². The summed E-state index contributed by atoms with van der Waals surface area (Å²) < 4.78 is 0. The minimum absolute atomic E-state index is 0. The van der Waals surface area contributed by atoms with E-state index < -0.39 is 0 Å². The van der Waals surface area contributed by atoms with E-state index in [1.54, 1.807) is 97.1 Å². The third-order valence-corrected chi connectivity index (χ3v) is 3.02. The van der Waals surface area contributed by atoms with Crippen LogP contribution in [0.4, 0.5) is 0 Å². The predicted molar refractivity (Wildman–Crippen MR) is 112 cm³/mol. The molecule has 5 heteroatoms. The van der Waals surface area contributed by atoms with Gasteiger partial charge in [-0.2, -0.15) is 0 Å². The van der Waals surface area contributed by atoms with Crippen LogP contribution in [-0.4, -0.2) is 20.4 Å². The van der Waals surface area contributed by atoms with Gasteiger partial charge in [0.2, 0.25) is 0 Å². The summed E-state index contributed by atoms with van der Waals surface area (Å²) in [6.07, 6.45) is 0. The Morgan fingerprint density at radius 3 is 0.483 bits per heavy atom. The number of phenols is 4. The van der Waals surface area contributed by atoms with Gasteiger partial charge in [0.15, 0.2) is 0 Å². The van der Waals surface area contributed by atoms with Crippen molar-refractivity contribution in [3.05, 3.63) is 121 Å². The minimum Gasteiger partial charge on any atom is -0.508 e. The topological polar surface area (TPSA) is 80.9 Å². The van der Waals surface area contributed by atoms with E-state index in [9.17, 15) is 0 Å². The van der Waals surface area contributed by atoms with Gasteiger partial charge >= 0.3 is 0 Å². The number of aromatic hydroxyl groups is 4. The van der Waals surface area contributed by atoms with Crippen LogP contribution in [-0.2, 0) is 17.4 Å². The molecule has 4 aromatic carbocycles. The molecule has 0 heterocycles. The summed E-state index contributed by atoms with van der Waals surface area (Å²) in [6.45, 7) is 0. The Labute approximate surface area is 182 Å². The van der Waals surface area contributed by atoms with Gasteiger partial charge in [-0.25, -0.2) is 0 Å². The van der Waals surface area contributed by atoms with E-state index in [0.717, 1.165) is 0 Å². The van der Waals surface area contributed by atoms with E-state index in [2.05, 4.69) is 0 Å². The SMILES string of the molecule is Oc1ccccc1.Oc1ccccc1.Oc1ccccc1.Oc1ccccc1.[Cr]. The fraction of sp³-hybridized carbons (Fsp3) is 0. The maximum Gasteiger partial charge on any atom is 0.115 e. The summed E-state index contributed by atoms with van der Waals surface area (Å²) in [6, 6.07) is 34.9. The second kappa shape index (κ2) is 16.8. The number of hydrogen-bond donors (Lipinski definition) is 4. The van der Waals surface area contributed by atoms with Crippen LogP contribution in [0.5, 0.6) is 23.0 Å². The molecule has 4 nitrogen and oxygen atoms in total. The predicted octanol–water partition coefficient (Wildman–Crippen LogP) is 5.57. The molecule has 0 fully saturated rings. The van der Waals surface area contributed by atoms with E-state index in [1.165, 1.54) is 0 Å². The van der Waals surface area contributed by atoms with Crippen LogP contribution >= 0.6 is 0 Å². The van der Waals surface area contributed by atoms with E-state index in [4.69, 9.17) is 20.4 Å². The van der Waals surface area contributed by atoms with Gasteiger partial charge in [-0.05, 0) is 48.5 Å². The van der Waals surface area contributed by atoms with E-state index >= 15 is 0 Å². The second-order valence-electron chi connectivity index (χ2n) is 5.34. The molecule has 4 aromatic rings. The molecule has 4 N–H and O–H groups in total. The zero-order valence-electron chi connectivity index (χ0n) is 15.7. The van der Waals surface area contributed by atoms with Crippen LogP contribution in [0, 0.1) is 0 Å². The van der Waals surface area contributed by atoms with E-state index in [0.29, 0.717) is 23.0 Å². The van der Waals surface area contributed by atoms with Gasteiger partial charge in [0, 0.05) is 17.4 Å². The van der Waals surface area contributed by atoms with Crippen LogP contribution in [0.1, 0.15) is 0 Å². The molecule has 150 valence electrons. The van der Waals surface area contributed by atoms with Crippen LogP contribution < -0.4 is 0 Å². The first-order valence-corrected chi connectivity index (χ1v) is 8.54. The summed E-state index contributed by atoms with van der Waals surface area (Å²) in [5, 5.41) is 34.5. The van der Waals surface area contributed by atoms with Crippen molar-refractivity contribution in [1.29, 1.82) is 0 Å². The molecule has 0 atom stereocenters. The fourth-order valence-electron chi connectivity index (χ4n) is 1.71. The summed E-state index contributed by atoms with van der Waals surface area (Å²) >= 11 is 0. The second-order valence-corrected chi connectivity index (χ2v) is 5.34. The summed E-state index contributed by atoms with van der Waals surface area (Å²) in [4.78, 5) is 0. The van der Waals surface area contributed by atoms with Gasteiger partial charge in [-0.1, -0.05) is 72.8 Å². The zero-order chi connectivity index (χ0) is 20.5. The normalized spacial score (nSPS) is 8.28. The van der Waals surface area contributed by atoms with Crippen LogP contribution in [0.25, 0.3) is 0 Å². The summed E-state index contributed by atoms with van der Waals surface area (Å²) in [7, 11) is 0. The van der Waals surface area contributed by atoms with Crippen molar-refractivity contribution in [2.75, 3.05) is 0 Å². The third-order valence-electron chi connectivity index (χ3n) is 3.02. The molecule has 0 bridgehead atoms. The van der Waals surface area contributed by atoms with Gasteiger partial charge in [-0.3, -0.25) is 0 Å². The standard InChI is InChI=1S/4C6H6O.Cr/c4*7-6-4-2-1-3-5-6;/h4*1-5,7H;.